The topological polar surface area (TPSA) is 115 Å². The van der Waals surface area contributed by atoms with Gasteiger partial charge in [0.05, 0.1) is 5.69 Å². The summed E-state index contributed by atoms with van der Waals surface area (Å²) in [6, 6.07) is 16.5. The fourth-order valence-electron chi connectivity index (χ4n) is 3.30. The summed E-state index contributed by atoms with van der Waals surface area (Å²) in [6.07, 6.45) is 0. The molecule has 0 radical (unpaired) electrons. The molecule has 1 N–H and O–H groups in total. The van der Waals surface area contributed by atoms with Crippen LogP contribution >= 0.6 is 0 Å². The van der Waals surface area contributed by atoms with Gasteiger partial charge in [-0.3, -0.25) is 9.78 Å². The molecule has 2 heterocycles. The lowest BCUT2D eigenvalue weighted by Crippen LogP contribution is -2.34. The van der Waals surface area contributed by atoms with Gasteiger partial charge in [-0.25, -0.2) is 9.48 Å². The SMILES string of the molecule is Cc1ccccc1-n1nnnc1C(c1ccccc1)N(C)C(=O)c1nn(C)c(=O)[nH]1. The Morgan fingerprint density at radius 1 is 1.10 bits per heavy atom. The first-order valence-corrected chi connectivity index (χ1v) is 9.27. The van der Waals surface area contributed by atoms with Crippen LogP contribution in [0.2, 0.25) is 0 Å². The summed E-state index contributed by atoms with van der Waals surface area (Å²) in [5.74, 6) is -0.0497. The van der Waals surface area contributed by atoms with Crippen LogP contribution in [0.3, 0.4) is 0 Å². The van der Waals surface area contributed by atoms with E-state index in [0.29, 0.717) is 5.82 Å². The number of benzene rings is 2. The molecule has 10 nitrogen and oxygen atoms in total. The molecule has 1 atom stereocenters. The van der Waals surface area contributed by atoms with Crippen molar-refractivity contribution in [3.63, 3.8) is 0 Å². The molecule has 152 valence electrons. The lowest BCUT2D eigenvalue weighted by atomic mass is 10.0. The first-order valence-electron chi connectivity index (χ1n) is 9.27. The molecule has 30 heavy (non-hydrogen) atoms. The minimum Gasteiger partial charge on any atom is -0.325 e. The summed E-state index contributed by atoms with van der Waals surface area (Å²) in [4.78, 5) is 28.8. The van der Waals surface area contributed by atoms with Crippen molar-refractivity contribution in [2.24, 2.45) is 7.05 Å². The highest BCUT2D eigenvalue weighted by Gasteiger charge is 2.31. The van der Waals surface area contributed by atoms with Gasteiger partial charge in [-0.15, -0.1) is 10.2 Å². The number of nitrogens with one attached hydrogen (secondary N) is 1. The lowest BCUT2D eigenvalue weighted by Gasteiger charge is -2.27. The third kappa shape index (κ3) is 3.39. The van der Waals surface area contributed by atoms with Gasteiger partial charge in [-0.1, -0.05) is 48.5 Å². The maximum atomic E-state index is 13.1. The zero-order valence-corrected chi connectivity index (χ0v) is 16.7. The summed E-state index contributed by atoms with van der Waals surface area (Å²) in [7, 11) is 3.10. The van der Waals surface area contributed by atoms with Crippen molar-refractivity contribution in [3.8, 4) is 5.69 Å². The van der Waals surface area contributed by atoms with Crippen molar-refractivity contribution < 1.29 is 4.79 Å². The first-order chi connectivity index (χ1) is 14.5. The Kier molecular flexibility index (Phi) is 4.97. The number of aromatic nitrogens is 7. The number of amides is 1. The molecular weight excluding hydrogens is 384 g/mol. The number of H-pyrrole nitrogens is 1. The number of hydrogen-bond acceptors (Lipinski definition) is 6. The number of tetrazole rings is 1. The van der Waals surface area contributed by atoms with E-state index in [9.17, 15) is 9.59 Å². The minimum atomic E-state index is -0.612. The van der Waals surface area contributed by atoms with Crippen molar-refractivity contribution in [2.45, 2.75) is 13.0 Å². The summed E-state index contributed by atoms with van der Waals surface area (Å²) in [6.45, 7) is 1.96. The summed E-state index contributed by atoms with van der Waals surface area (Å²) < 4.78 is 2.70. The Balaban J connectivity index is 1.83. The van der Waals surface area contributed by atoms with Crippen LogP contribution in [-0.4, -0.2) is 52.8 Å². The normalized spacial score (nSPS) is 12.0. The molecule has 0 aliphatic heterocycles. The van der Waals surface area contributed by atoms with Crippen LogP contribution in [-0.2, 0) is 7.05 Å². The predicted molar refractivity (Wildman–Crippen MR) is 108 cm³/mol. The van der Waals surface area contributed by atoms with Gasteiger partial charge >= 0.3 is 5.69 Å². The molecule has 0 saturated heterocycles. The Labute approximate surface area is 171 Å². The van der Waals surface area contributed by atoms with Crippen LogP contribution in [0.15, 0.2) is 59.4 Å². The van der Waals surface area contributed by atoms with Gasteiger partial charge in [0.2, 0.25) is 5.82 Å². The third-order valence-corrected chi connectivity index (χ3v) is 4.88. The second-order valence-corrected chi connectivity index (χ2v) is 6.87. The van der Waals surface area contributed by atoms with Gasteiger partial charge in [-0.2, -0.15) is 4.68 Å². The van der Waals surface area contributed by atoms with Crippen molar-refractivity contribution >= 4 is 5.91 Å². The number of carbonyl (C=O) groups excluding carboxylic acids is 1. The van der Waals surface area contributed by atoms with Gasteiger partial charge in [-0.05, 0) is 34.5 Å². The molecule has 0 saturated carbocycles. The summed E-state index contributed by atoms with van der Waals surface area (Å²) in [5, 5.41) is 16.3. The second kappa shape index (κ2) is 7.74. The van der Waals surface area contributed by atoms with Crippen LogP contribution in [0.1, 0.15) is 33.6 Å². The van der Waals surface area contributed by atoms with Crippen LogP contribution in [0, 0.1) is 6.92 Å². The maximum Gasteiger partial charge on any atom is 0.343 e. The van der Waals surface area contributed by atoms with Crippen molar-refractivity contribution in [1.82, 2.24) is 39.9 Å². The zero-order chi connectivity index (χ0) is 21.3. The highest BCUT2D eigenvalue weighted by Crippen LogP contribution is 2.28. The van der Waals surface area contributed by atoms with E-state index in [1.807, 2.05) is 61.5 Å². The largest absolute Gasteiger partial charge is 0.343 e. The molecule has 1 amide bonds. The fraction of sp³-hybridized carbons (Fsp3) is 0.200. The van der Waals surface area contributed by atoms with Gasteiger partial charge in [0.15, 0.2) is 5.82 Å². The minimum absolute atomic E-state index is 0.0548. The molecule has 0 spiro atoms. The number of para-hydroxylation sites is 1. The average Bonchev–Trinajstić information content (AvgIpc) is 3.35. The fourth-order valence-corrected chi connectivity index (χ4v) is 3.30. The van der Waals surface area contributed by atoms with Gasteiger partial charge in [0.1, 0.15) is 6.04 Å². The average molecular weight is 404 g/mol. The van der Waals surface area contributed by atoms with Crippen LogP contribution in [0.25, 0.3) is 5.69 Å². The highest BCUT2D eigenvalue weighted by molar-refractivity contribution is 5.90. The smallest absolute Gasteiger partial charge is 0.325 e. The number of aryl methyl sites for hydroxylation is 2. The Hall–Kier alpha value is -4.08. The van der Waals surface area contributed by atoms with Crippen LogP contribution in [0.5, 0.6) is 0 Å². The second-order valence-electron chi connectivity index (χ2n) is 6.87. The van der Waals surface area contributed by atoms with Crippen molar-refractivity contribution in [3.05, 3.63) is 87.9 Å². The summed E-state index contributed by atoms with van der Waals surface area (Å²) in [5.41, 5.74) is 2.15. The molecule has 1 unspecified atom stereocenters. The molecule has 0 fully saturated rings. The van der Waals surface area contributed by atoms with Crippen LogP contribution in [0.4, 0.5) is 0 Å². The van der Waals surface area contributed by atoms with Crippen LogP contribution < -0.4 is 5.69 Å². The molecule has 10 heteroatoms. The molecule has 2 aromatic carbocycles. The van der Waals surface area contributed by atoms with E-state index in [2.05, 4.69) is 25.6 Å². The van der Waals surface area contributed by atoms with E-state index >= 15 is 0 Å². The number of carbonyl (C=O) groups is 1. The van der Waals surface area contributed by atoms with Gasteiger partial charge < -0.3 is 4.90 Å². The first kappa shape index (κ1) is 19.2. The molecule has 4 rings (SSSR count). The Bertz CT molecular complexity index is 1240. The Morgan fingerprint density at radius 2 is 1.80 bits per heavy atom. The van der Waals surface area contributed by atoms with E-state index < -0.39 is 17.6 Å². The van der Waals surface area contributed by atoms with Gasteiger partial charge in [0.25, 0.3) is 5.91 Å². The van der Waals surface area contributed by atoms with Crippen molar-refractivity contribution in [1.29, 1.82) is 0 Å². The number of hydrogen-bond donors (Lipinski definition) is 1. The van der Waals surface area contributed by atoms with E-state index in [4.69, 9.17) is 0 Å². The monoisotopic (exact) mass is 404 g/mol. The van der Waals surface area contributed by atoms with E-state index in [0.717, 1.165) is 21.5 Å². The van der Waals surface area contributed by atoms with E-state index in [-0.39, 0.29) is 5.82 Å². The number of rotatable bonds is 5. The standard InChI is InChI=1S/C20H20N8O2/c1-13-9-7-8-12-15(13)28-18(22-24-25-28)16(14-10-5-4-6-11-14)26(2)19(29)17-21-20(30)27(3)23-17/h4-12,16H,1-3H3,(H,21,23,30). The molecule has 4 aromatic rings. The maximum absolute atomic E-state index is 13.1. The van der Waals surface area contributed by atoms with E-state index in [1.54, 1.807) is 11.7 Å². The highest BCUT2D eigenvalue weighted by atomic mass is 16.2. The number of nitrogens with zero attached hydrogens (tertiary/aromatic N) is 7. The van der Waals surface area contributed by atoms with Crippen molar-refractivity contribution in [2.75, 3.05) is 7.05 Å². The molecule has 0 bridgehead atoms. The molecular formula is C20H20N8O2. The predicted octanol–water partition coefficient (Wildman–Crippen LogP) is 1.25. The Morgan fingerprint density at radius 3 is 2.47 bits per heavy atom. The third-order valence-electron chi connectivity index (χ3n) is 4.88. The van der Waals surface area contributed by atoms with Gasteiger partial charge in [0, 0.05) is 14.1 Å². The zero-order valence-electron chi connectivity index (χ0n) is 16.7. The number of aromatic amines is 1. The van der Waals surface area contributed by atoms with E-state index in [1.165, 1.54) is 11.9 Å². The molecule has 2 aromatic heterocycles. The quantitative estimate of drug-likeness (QED) is 0.535. The molecule has 0 aliphatic rings. The molecule has 0 aliphatic carbocycles. The summed E-state index contributed by atoms with van der Waals surface area (Å²) >= 11 is 0. The lowest BCUT2D eigenvalue weighted by molar-refractivity contribution is 0.0736.